The molecule has 0 amide bonds. The molecule has 0 rings (SSSR count). The Labute approximate surface area is 253 Å². The van der Waals surface area contributed by atoms with E-state index in [-0.39, 0.29) is 5.97 Å². The van der Waals surface area contributed by atoms with E-state index in [2.05, 4.69) is 32.9 Å². The SMILES string of the molecule is CCCCCCCC/C=C/CCCCCCCC(=O)OC[C@H](CCCCCCCC)CCCCCCCCCC. The van der Waals surface area contributed by atoms with Gasteiger partial charge in [-0.05, 0) is 50.9 Å². The Morgan fingerprint density at radius 2 is 0.825 bits per heavy atom. The Balaban J connectivity index is 3.86. The molecular formula is C38H74O2. The molecule has 2 heteroatoms. The summed E-state index contributed by atoms with van der Waals surface area (Å²) in [5, 5.41) is 0. The maximum atomic E-state index is 12.4. The number of carbonyl (C=O) groups is 1. The minimum Gasteiger partial charge on any atom is -0.465 e. The van der Waals surface area contributed by atoms with Crippen molar-refractivity contribution in [3.05, 3.63) is 12.2 Å². The standard InChI is InChI=1S/C38H74O2/c1-4-7-10-13-16-18-19-20-21-22-23-24-26-29-32-35-38(39)40-36-37(33-30-27-15-12-9-6-3)34-31-28-25-17-14-11-8-5-2/h20-21,37H,4-19,22-36H2,1-3H3/b21-20+/t37-/m1/s1. The van der Waals surface area contributed by atoms with Crippen molar-refractivity contribution in [1.29, 1.82) is 0 Å². The van der Waals surface area contributed by atoms with Gasteiger partial charge in [0.25, 0.3) is 0 Å². The van der Waals surface area contributed by atoms with Crippen LogP contribution >= 0.6 is 0 Å². The molecule has 1 atom stereocenters. The highest BCUT2D eigenvalue weighted by atomic mass is 16.5. The molecule has 0 aromatic rings. The number of allylic oxidation sites excluding steroid dienone is 2. The second kappa shape index (κ2) is 34.4. The van der Waals surface area contributed by atoms with Crippen molar-refractivity contribution in [2.75, 3.05) is 6.61 Å². The van der Waals surface area contributed by atoms with E-state index in [9.17, 15) is 4.79 Å². The zero-order chi connectivity index (χ0) is 29.2. The van der Waals surface area contributed by atoms with Gasteiger partial charge in [-0.1, -0.05) is 174 Å². The Bertz CT molecular complexity index is 512. The van der Waals surface area contributed by atoms with Gasteiger partial charge in [-0.3, -0.25) is 4.79 Å². The number of carbonyl (C=O) groups excluding carboxylic acids is 1. The van der Waals surface area contributed by atoms with Crippen LogP contribution in [0.15, 0.2) is 12.2 Å². The van der Waals surface area contributed by atoms with Gasteiger partial charge in [-0.15, -0.1) is 0 Å². The van der Waals surface area contributed by atoms with Crippen molar-refractivity contribution in [1.82, 2.24) is 0 Å². The summed E-state index contributed by atoms with van der Waals surface area (Å²) in [7, 11) is 0. The molecule has 0 saturated heterocycles. The van der Waals surface area contributed by atoms with E-state index in [1.54, 1.807) is 0 Å². The smallest absolute Gasteiger partial charge is 0.305 e. The summed E-state index contributed by atoms with van der Waals surface area (Å²) in [6, 6.07) is 0. The highest BCUT2D eigenvalue weighted by Crippen LogP contribution is 2.20. The van der Waals surface area contributed by atoms with Crippen LogP contribution in [-0.4, -0.2) is 12.6 Å². The van der Waals surface area contributed by atoms with E-state index in [4.69, 9.17) is 4.74 Å². The van der Waals surface area contributed by atoms with E-state index in [0.29, 0.717) is 18.9 Å². The number of ether oxygens (including phenoxy) is 1. The number of hydrogen-bond acceptors (Lipinski definition) is 2. The first kappa shape index (κ1) is 39.2. The van der Waals surface area contributed by atoms with Gasteiger partial charge in [0.2, 0.25) is 0 Å². The molecule has 0 spiro atoms. The molecule has 0 aromatic heterocycles. The highest BCUT2D eigenvalue weighted by molar-refractivity contribution is 5.69. The van der Waals surface area contributed by atoms with Crippen LogP contribution < -0.4 is 0 Å². The summed E-state index contributed by atoms with van der Waals surface area (Å²) in [5.41, 5.74) is 0. The van der Waals surface area contributed by atoms with E-state index in [1.165, 1.54) is 173 Å². The highest BCUT2D eigenvalue weighted by Gasteiger charge is 2.12. The fourth-order valence-corrected chi connectivity index (χ4v) is 5.71. The summed E-state index contributed by atoms with van der Waals surface area (Å²) < 4.78 is 5.79. The van der Waals surface area contributed by atoms with Crippen molar-refractivity contribution in [3.63, 3.8) is 0 Å². The summed E-state index contributed by atoms with van der Waals surface area (Å²) >= 11 is 0. The number of hydrogen-bond donors (Lipinski definition) is 0. The maximum Gasteiger partial charge on any atom is 0.305 e. The zero-order valence-corrected chi connectivity index (χ0v) is 28.0. The number of esters is 1. The van der Waals surface area contributed by atoms with Gasteiger partial charge in [0.1, 0.15) is 0 Å². The van der Waals surface area contributed by atoms with Crippen molar-refractivity contribution in [2.45, 2.75) is 213 Å². The van der Waals surface area contributed by atoms with Gasteiger partial charge in [-0.25, -0.2) is 0 Å². The summed E-state index contributed by atoms with van der Waals surface area (Å²) in [5.74, 6) is 0.617. The Morgan fingerprint density at radius 1 is 0.475 bits per heavy atom. The second-order valence-electron chi connectivity index (χ2n) is 12.7. The molecule has 0 aromatic carbocycles. The first-order valence-electron chi connectivity index (χ1n) is 18.5. The average Bonchev–Trinajstić information content (AvgIpc) is 2.96. The summed E-state index contributed by atoms with van der Waals surface area (Å²) in [4.78, 5) is 12.4. The third-order valence-electron chi connectivity index (χ3n) is 8.55. The van der Waals surface area contributed by atoms with Crippen LogP contribution in [-0.2, 0) is 9.53 Å². The van der Waals surface area contributed by atoms with Gasteiger partial charge < -0.3 is 4.74 Å². The molecule has 0 aliphatic heterocycles. The molecule has 2 nitrogen and oxygen atoms in total. The third-order valence-corrected chi connectivity index (χ3v) is 8.55. The van der Waals surface area contributed by atoms with Gasteiger partial charge in [-0.2, -0.15) is 0 Å². The Morgan fingerprint density at radius 3 is 1.25 bits per heavy atom. The second-order valence-corrected chi connectivity index (χ2v) is 12.7. The Kier molecular flexibility index (Phi) is 33.7. The van der Waals surface area contributed by atoms with E-state index in [1.807, 2.05) is 0 Å². The predicted molar refractivity (Wildman–Crippen MR) is 179 cm³/mol. The fourth-order valence-electron chi connectivity index (χ4n) is 5.71. The topological polar surface area (TPSA) is 26.3 Å². The molecule has 0 aliphatic carbocycles. The van der Waals surface area contributed by atoms with Crippen molar-refractivity contribution >= 4 is 5.97 Å². The molecule has 40 heavy (non-hydrogen) atoms. The molecule has 238 valence electrons. The normalized spacial score (nSPS) is 12.4. The number of rotatable bonds is 33. The van der Waals surface area contributed by atoms with Gasteiger partial charge in [0, 0.05) is 6.42 Å². The fraction of sp³-hybridized carbons (Fsp3) is 0.921. The molecule has 0 N–H and O–H groups in total. The molecule has 0 bridgehead atoms. The first-order chi connectivity index (χ1) is 19.7. The minimum atomic E-state index is 0.0431. The van der Waals surface area contributed by atoms with Crippen LogP contribution in [0.1, 0.15) is 213 Å². The molecule has 0 unspecified atom stereocenters. The lowest BCUT2D eigenvalue weighted by molar-refractivity contribution is -0.145. The van der Waals surface area contributed by atoms with E-state index in [0.717, 1.165) is 12.8 Å². The zero-order valence-electron chi connectivity index (χ0n) is 28.0. The van der Waals surface area contributed by atoms with Crippen LogP contribution in [0.3, 0.4) is 0 Å². The summed E-state index contributed by atoms with van der Waals surface area (Å²) in [6.07, 6.45) is 43.7. The quantitative estimate of drug-likeness (QED) is 0.0451. The molecular weight excluding hydrogens is 488 g/mol. The largest absolute Gasteiger partial charge is 0.465 e. The van der Waals surface area contributed by atoms with Crippen molar-refractivity contribution in [2.24, 2.45) is 5.92 Å². The first-order valence-corrected chi connectivity index (χ1v) is 18.5. The predicted octanol–water partition coefficient (Wildman–Crippen LogP) is 13.5. The van der Waals surface area contributed by atoms with Crippen LogP contribution in [0.25, 0.3) is 0 Å². The van der Waals surface area contributed by atoms with Gasteiger partial charge in [0.15, 0.2) is 0 Å². The van der Waals surface area contributed by atoms with Crippen molar-refractivity contribution < 1.29 is 9.53 Å². The maximum absolute atomic E-state index is 12.4. The van der Waals surface area contributed by atoms with E-state index < -0.39 is 0 Å². The van der Waals surface area contributed by atoms with Gasteiger partial charge >= 0.3 is 5.97 Å². The lowest BCUT2D eigenvalue weighted by Gasteiger charge is -2.17. The van der Waals surface area contributed by atoms with Crippen LogP contribution in [0, 0.1) is 5.92 Å². The van der Waals surface area contributed by atoms with Crippen LogP contribution in [0.4, 0.5) is 0 Å². The monoisotopic (exact) mass is 563 g/mol. The average molecular weight is 563 g/mol. The molecule has 0 heterocycles. The number of unbranched alkanes of at least 4 members (excludes halogenated alkanes) is 23. The Hall–Kier alpha value is -0.790. The lowest BCUT2D eigenvalue weighted by Crippen LogP contribution is -2.14. The van der Waals surface area contributed by atoms with Crippen LogP contribution in [0.2, 0.25) is 0 Å². The minimum absolute atomic E-state index is 0.0431. The molecule has 0 aliphatic rings. The summed E-state index contributed by atoms with van der Waals surface area (Å²) in [6.45, 7) is 7.51. The molecule has 0 saturated carbocycles. The molecule has 0 fully saturated rings. The van der Waals surface area contributed by atoms with Crippen LogP contribution in [0.5, 0.6) is 0 Å². The van der Waals surface area contributed by atoms with Crippen molar-refractivity contribution in [3.8, 4) is 0 Å². The lowest BCUT2D eigenvalue weighted by atomic mass is 9.94. The van der Waals surface area contributed by atoms with E-state index >= 15 is 0 Å². The third kappa shape index (κ3) is 31.7. The van der Waals surface area contributed by atoms with Gasteiger partial charge in [0.05, 0.1) is 6.61 Å². The molecule has 0 radical (unpaired) electrons.